The van der Waals surface area contributed by atoms with Crippen molar-refractivity contribution in [2.75, 3.05) is 13.2 Å². The molecule has 3 aromatic rings. The highest BCUT2D eigenvalue weighted by Gasteiger charge is 2.24. The fourth-order valence-electron chi connectivity index (χ4n) is 2.72. The molecule has 0 aliphatic carbocycles. The molecular formula is C15H16N6O2S. The zero-order valence-corrected chi connectivity index (χ0v) is 13.9. The molecule has 1 fully saturated rings. The summed E-state index contributed by atoms with van der Waals surface area (Å²) in [4.78, 5) is 19.6. The highest BCUT2D eigenvalue weighted by atomic mass is 32.2. The van der Waals surface area contributed by atoms with Crippen molar-refractivity contribution in [3.8, 4) is 0 Å². The zero-order chi connectivity index (χ0) is 16.5. The maximum Gasteiger partial charge on any atom is 0.258 e. The largest absolute Gasteiger partial charge is 0.379 e. The number of H-pyrrole nitrogens is 1. The van der Waals surface area contributed by atoms with Crippen LogP contribution in [0.1, 0.15) is 30.5 Å². The maximum absolute atomic E-state index is 12.2. The van der Waals surface area contributed by atoms with Crippen LogP contribution in [0.5, 0.6) is 0 Å². The monoisotopic (exact) mass is 344 g/mol. The minimum atomic E-state index is -0.133. The molecule has 0 radical (unpaired) electrons. The number of ether oxygens (including phenoxy) is 1. The molecule has 9 heteroatoms. The van der Waals surface area contributed by atoms with E-state index in [-0.39, 0.29) is 16.9 Å². The van der Waals surface area contributed by atoms with Crippen molar-refractivity contribution in [1.29, 1.82) is 0 Å². The molecule has 0 amide bonds. The third-order valence-corrected chi connectivity index (χ3v) is 5.07. The maximum atomic E-state index is 12.2. The Bertz CT molecular complexity index is 917. The van der Waals surface area contributed by atoms with Crippen LogP contribution in [0.25, 0.3) is 10.9 Å². The van der Waals surface area contributed by atoms with Crippen LogP contribution >= 0.6 is 11.8 Å². The number of hydrogen-bond donors (Lipinski definition) is 1. The van der Waals surface area contributed by atoms with Crippen LogP contribution < -0.4 is 5.56 Å². The number of tetrazole rings is 1. The normalized spacial score (nSPS) is 19.0. The fraction of sp³-hybridized carbons (Fsp3) is 0.400. The van der Waals surface area contributed by atoms with E-state index in [0.717, 1.165) is 13.0 Å². The second kappa shape index (κ2) is 6.33. The summed E-state index contributed by atoms with van der Waals surface area (Å²) in [7, 11) is 0. The summed E-state index contributed by atoms with van der Waals surface area (Å²) in [6.07, 6.45) is 0.901. The van der Waals surface area contributed by atoms with Crippen LogP contribution in [0.2, 0.25) is 0 Å². The lowest BCUT2D eigenvalue weighted by Crippen LogP contribution is -2.14. The molecule has 0 spiro atoms. The topological polar surface area (TPSA) is 98.6 Å². The molecule has 2 unspecified atom stereocenters. The third kappa shape index (κ3) is 2.80. The van der Waals surface area contributed by atoms with Crippen LogP contribution in [0.4, 0.5) is 0 Å². The number of para-hydroxylation sites is 1. The Morgan fingerprint density at radius 1 is 1.42 bits per heavy atom. The van der Waals surface area contributed by atoms with E-state index < -0.39 is 0 Å². The predicted octanol–water partition coefficient (Wildman–Crippen LogP) is 1.72. The summed E-state index contributed by atoms with van der Waals surface area (Å²) >= 11 is 1.47. The molecule has 4 rings (SSSR count). The van der Waals surface area contributed by atoms with Crippen molar-refractivity contribution in [1.82, 2.24) is 30.2 Å². The number of hydrogen-bond acceptors (Lipinski definition) is 7. The number of aromatic nitrogens is 6. The van der Waals surface area contributed by atoms with Crippen LogP contribution in [0, 0.1) is 0 Å². The molecule has 0 saturated carbocycles. The van der Waals surface area contributed by atoms with Crippen molar-refractivity contribution in [3.05, 3.63) is 40.4 Å². The highest BCUT2D eigenvalue weighted by molar-refractivity contribution is 7.99. The lowest BCUT2D eigenvalue weighted by molar-refractivity contribution is 0.182. The zero-order valence-electron chi connectivity index (χ0n) is 13.0. The molecule has 1 aliphatic rings. The standard InChI is InChI=1S/C15H16N6O2S/c1-9(13-16-12-5-3-2-4-11(12)14(22)17-13)24-15-18-19-20-21(15)10-6-7-23-8-10/h2-5,9-10H,6-8H2,1H3,(H,16,17,22). The highest BCUT2D eigenvalue weighted by Crippen LogP contribution is 2.33. The Labute approximate surface area is 141 Å². The lowest BCUT2D eigenvalue weighted by Gasteiger charge is -2.13. The Kier molecular flexibility index (Phi) is 4.03. The first kappa shape index (κ1) is 15.3. The van der Waals surface area contributed by atoms with Crippen molar-refractivity contribution >= 4 is 22.7 Å². The van der Waals surface area contributed by atoms with Crippen LogP contribution in [-0.2, 0) is 4.74 Å². The predicted molar refractivity (Wildman–Crippen MR) is 88.9 cm³/mol. The van der Waals surface area contributed by atoms with Gasteiger partial charge in [-0.15, -0.1) is 5.10 Å². The fourth-order valence-corrected chi connectivity index (χ4v) is 3.63. The van der Waals surface area contributed by atoms with Gasteiger partial charge >= 0.3 is 0 Å². The summed E-state index contributed by atoms with van der Waals surface area (Å²) in [6.45, 7) is 3.32. The van der Waals surface area contributed by atoms with Gasteiger partial charge in [0.05, 0.1) is 28.8 Å². The molecule has 1 saturated heterocycles. The van der Waals surface area contributed by atoms with Gasteiger partial charge in [-0.1, -0.05) is 23.9 Å². The number of rotatable bonds is 4. The van der Waals surface area contributed by atoms with Gasteiger partial charge in [0.2, 0.25) is 5.16 Å². The van der Waals surface area contributed by atoms with E-state index in [2.05, 4.69) is 25.5 Å². The average molecular weight is 344 g/mol. The van der Waals surface area contributed by atoms with E-state index >= 15 is 0 Å². The molecule has 3 heterocycles. The van der Waals surface area contributed by atoms with Gasteiger partial charge in [-0.05, 0) is 35.9 Å². The van der Waals surface area contributed by atoms with Crippen molar-refractivity contribution in [2.45, 2.75) is 29.8 Å². The van der Waals surface area contributed by atoms with Gasteiger partial charge in [-0.2, -0.15) is 0 Å². The number of nitrogens with zero attached hydrogens (tertiary/aromatic N) is 5. The van der Waals surface area contributed by atoms with Gasteiger partial charge in [0.1, 0.15) is 5.82 Å². The van der Waals surface area contributed by atoms with Crippen molar-refractivity contribution < 1.29 is 4.74 Å². The summed E-state index contributed by atoms with van der Waals surface area (Å²) in [5.74, 6) is 0.612. The first-order valence-corrected chi connectivity index (χ1v) is 8.61. The molecule has 1 aromatic carbocycles. The van der Waals surface area contributed by atoms with E-state index in [9.17, 15) is 4.79 Å². The van der Waals surface area contributed by atoms with Crippen molar-refractivity contribution in [2.24, 2.45) is 0 Å². The van der Waals surface area contributed by atoms with E-state index in [1.807, 2.05) is 25.1 Å². The molecule has 0 bridgehead atoms. The molecule has 1 aliphatic heterocycles. The Morgan fingerprint density at radius 3 is 3.12 bits per heavy atom. The second-order valence-electron chi connectivity index (χ2n) is 5.65. The van der Waals surface area contributed by atoms with Gasteiger partial charge < -0.3 is 9.72 Å². The van der Waals surface area contributed by atoms with Crippen LogP contribution in [-0.4, -0.2) is 43.4 Å². The summed E-state index contributed by atoms with van der Waals surface area (Å²) in [5, 5.41) is 13.2. The molecule has 124 valence electrons. The number of fused-ring (bicyclic) bond motifs is 1. The van der Waals surface area contributed by atoms with E-state index in [4.69, 9.17) is 4.74 Å². The number of benzene rings is 1. The van der Waals surface area contributed by atoms with Gasteiger partial charge in [0.25, 0.3) is 5.56 Å². The summed E-state index contributed by atoms with van der Waals surface area (Å²) in [6, 6.07) is 7.47. The van der Waals surface area contributed by atoms with Gasteiger partial charge in [-0.3, -0.25) is 4.79 Å². The Balaban J connectivity index is 1.62. The summed E-state index contributed by atoms with van der Waals surface area (Å²) < 4.78 is 7.20. The quantitative estimate of drug-likeness (QED) is 0.720. The van der Waals surface area contributed by atoms with Crippen molar-refractivity contribution in [3.63, 3.8) is 0 Å². The van der Waals surface area contributed by atoms with Gasteiger partial charge in [-0.25, -0.2) is 9.67 Å². The van der Waals surface area contributed by atoms with E-state index in [1.54, 1.807) is 10.7 Å². The third-order valence-electron chi connectivity index (χ3n) is 4.01. The van der Waals surface area contributed by atoms with Crippen LogP contribution in [0.3, 0.4) is 0 Å². The van der Waals surface area contributed by atoms with Crippen LogP contribution in [0.15, 0.2) is 34.2 Å². The number of nitrogens with one attached hydrogen (secondary N) is 1. The minimum Gasteiger partial charge on any atom is -0.379 e. The lowest BCUT2D eigenvalue weighted by atomic mass is 10.2. The smallest absolute Gasteiger partial charge is 0.258 e. The van der Waals surface area contributed by atoms with E-state index in [0.29, 0.717) is 28.5 Å². The Morgan fingerprint density at radius 2 is 2.29 bits per heavy atom. The number of thioether (sulfide) groups is 1. The van der Waals surface area contributed by atoms with Gasteiger partial charge in [0.15, 0.2) is 0 Å². The summed E-state index contributed by atoms with van der Waals surface area (Å²) in [5.41, 5.74) is 0.555. The minimum absolute atomic E-state index is 0.0885. The average Bonchev–Trinajstić information content (AvgIpc) is 3.25. The SMILES string of the molecule is CC(Sc1nnnn1C1CCOC1)c1nc2ccccc2c(=O)[nH]1. The first-order chi connectivity index (χ1) is 11.7. The molecule has 1 N–H and O–H groups in total. The molecule has 2 atom stereocenters. The molecule has 8 nitrogen and oxygen atoms in total. The number of aromatic amines is 1. The second-order valence-corrected chi connectivity index (χ2v) is 6.96. The molecule has 2 aromatic heterocycles. The van der Waals surface area contributed by atoms with E-state index in [1.165, 1.54) is 11.8 Å². The first-order valence-electron chi connectivity index (χ1n) is 7.73. The van der Waals surface area contributed by atoms with Gasteiger partial charge in [0, 0.05) is 6.61 Å². The molecular weight excluding hydrogens is 328 g/mol. The Hall–Kier alpha value is -2.26. The molecule has 24 heavy (non-hydrogen) atoms.